The van der Waals surface area contributed by atoms with Crippen LogP contribution in [0.1, 0.15) is 37.8 Å². The van der Waals surface area contributed by atoms with Crippen molar-refractivity contribution in [3.8, 4) is 5.75 Å². The molecular weight excluding hydrogens is 212 g/mol. The van der Waals surface area contributed by atoms with Gasteiger partial charge >= 0.3 is 5.97 Å². The topological polar surface area (TPSA) is 26.3 Å². The normalized spacial score (nSPS) is 13.8. The number of rotatable bonds is 2. The fourth-order valence-electron chi connectivity index (χ4n) is 2.15. The summed E-state index contributed by atoms with van der Waals surface area (Å²) in [7, 11) is 0. The molecule has 0 unspecified atom stereocenters. The molecular formula is C15H18O2. The van der Waals surface area contributed by atoms with Crippen molar-refractivity contribution in [3.63, 3.8) is 0 Å². The van der Waals surface area contributed by atoms with Crippen molar-refractivity contribution in [2.45, 2.75) is 39.5 Å². The molecule has 0 saturated carbocycles. The van der Waals surface area contributed by atoms with Crippen LogP contribution in [0.2, 0.25) is 0 Å². The third-order valence-corrected chi connectivity index (χ3v) is 2.94. The minimum Gasteiger partial charge on any atom is -0.423 e. The van der Waals surface area contributed by atoms with Crippen LogP contribution in [0.4, 0.5) is 0 Å². The van der Waals surface area contributed by atoms with Crippen LogP contribution in [0.25, 0.3) is 0 Å². The minimum absolute atomic E-state index is 0.291. The molecule has 17 heavy (non-hydrogen) atoms. The summed E-state index contributed by atoms with van der Waals surface area (Å²) in [6.07, 6.45) is 6.27. The van der Waals surface area contributed by atoms with Crippen molar-refractivity contribution >= 4 is 5.97 Å². The fraction of sp³-hybridized carbons (Fsp3) is 0.400. The lowest BCUT2D eigenvalue weighted by Gasteiger charge is -2.16. The molecule has 0 amide bonds. The van der Waals surface area contributed by atoms with Crippen LogP contribution in [-0.4, -0.2) is 5.97 Å². The lowest BCUT2D eigenvalue weighted by Crippen LogP contribution is -2.07. The van der Waals surface area contributed by atoms with Crippen LogP contribution in [0.3, 0.4) is 0 Å². The molecule has 0 aliphatic heterocycles. The number of allylic oxidation sites excluding steroid dienone is 1. The second-order valence-corrected chi connectivity index (χ2v) is 4.78. The molecule has 1 aliphatic carbocycles. The standard InChI is InChI=1S/C15H18O2/c1-11(2)9-15(16)17-14-8-7-12-5-3-4-6-13(12)10-14/h7-10H,3-6H2,1-2H3. The zero-order valence-electron chi connectivity index (χ0n) is 10.5. The van der Waals surface area contributed by atoms with Crippen LogP contribution in [0, 0.1) is 0 Å². The van der Waals surface area contributed by atoms with E-state index >= 15 is 0 Å². The van der Waals surface area contributed by atoms with Gasteiger partial charge in [0.1, 0.15) is 5.75 Å². The van der Waals surface area contributed by atoms with Crippen molar-refractivity contribution in [2.75, 3.05) is 0 Å². The Kier molecular flexibility index (Phi) is 3.62. The molecule has 2 rings (SSSR count). The lowest BCUT2D eigenvalue weighted by molar-refractivity contribution is -0.129. The van der Waals surface area contributed by atoms with E-state index in [1.165, 1.54) is 30.0 Å². The van der Waals surface area contributed by atoms with Gasteiger partial charge in [0.25, 0.3) is 0 Å². The molecule has 90 valence electrons. The van der Waals surface area contributed by atoms with Crippen molar-refractivity contribution < 1.29 is 9.53 Å². The predicted molar refractivity (Wildman–Crippen MR) is 68.2 cm³/mol. The molecule has 0 radical (unpaired) electrons. The van der Waals surface area contributed by atoms with E-state index < -0.39 is 0 Å². The number of hydrogen-bond donors (Lipinski definition) is 0. The van der Waals surface area contributed by atoms with Crippen molar-refractivity contribution in [3.05, 3.63) is 41.0 Å². The number of hydrogen-bond acceptors (Lipinski definition) is 2. The van der Waals surface area contributed by atoms with E-state index in [2.05, 4.69) is 6.07 Å². The van der Waals surface area contributed by atoms with Crippen LogP contribution >= 0.6 is 0 Å². The average Bonchev–Trinajstić information content (AvgIpc) is 2.27. The Morgan fingerprint density at radius 1 is 1.18 bits per heavy atom. The Balaban J connectivity index is 2.12. The lowest BCUT2D eigenvalue weighted by atomic mass is 9.92. The van der Waals surface area contributed by atoms with E-state index in [0.29, 0.717) is 5.75 Å². The van der Waals surface area contributed by atoms with Gasteiger partial charge in [0, 0.05) is 6.08 Å². The summed E-state index contributed by atoms with van der Waals surface area (Å²) in [5, 5.41) is 0. The molecule has 0 N–H and O–H groups in total. The SMILES string of the molecule is CC(C)=CC(=O)Oc1ccc2c(c1)CCCC2. The van der Waals surface area contributed by atoms with E-state index in [4.69, 9.17) is 4.74 Å². The Morgan fingerprint density at radius 2 is 1.88 bits per heavy atom. The summed E-state index contributed by atoms with van der Waals surface area (Å²) in [5.41, 5.74) is 3.69. The van der Waals surface area contributed by atoms with E-state index in [1.54, 1.807) is 0 Å². The van der Waals surface area contributed by atoms with Gasteiger partial charge in [-0.1, -0.05) is 11.6 Å². The molecule has 0 aromatic heterocycles. The number of ether oxygens (including phenoxy) is 1. The Hall–Kier alpha value is -1.57. The maximum Gasteiger partial charge on any atom is 0.336 e. The smallest absolute Gasteiger partial charge is 0.336 e. The molecule has 0 saturated heterocycles. The van der Waals surface area contributed by atoms with E-state index in [9.17, 15) is 4.79 Å². The van der Waals surface area contributed by atoms with Crippen LogP contribution in [0.5, 0.6) is 5.75 Å². The molecule has 0 fully saturated rings. The molecule has 1 aromatic rings. The largest absolute Gasteiger partial charge is 0.423 e. The van der Waals surface area contributed by atoms with Gasteiger partial charge in [0.2, 0.25) is 0 Å². The molecule has 2 nitrogen and oxygen atoms in total. The first-order chi connectivity index (χ1) is 8.15. The minimum atomic E-state index is -0.291. The molecule has 1 aromatic carbocycles. The van der Waals surface area contributed by atoms with Crippen molar-refractivity contribution in [2.24, 2.45) is 0 Å². The first-order valence-electron chi connectivity index (χ1n) is 6.13. The highest BCUT2D eigenvalue weighted by Gasteiger charge is 2.10. The van der Waals surface area contributed by atoms with Gasteiger partial charge < -0.3 is 4.74 Å². The predicted octanol–water partition coefficient (Wildman–Crippen LogP) is 3.44. The average molecular weight is 230 g/mol. The first kappa shape index (κ1) is 11.9. The highest BCUT2D eigenvalue weighted by Crippen LogP contribution is 2.25. The van der Waals surface area contributed by atoms with Crippen molar-refractivity contribution in [1.82, 2.24) is 0 Å². The summed E-state index contributed by atoms with van der Waals surface area (Å²) >= 11 is 0. The zero-order valence-corrected chi connectivity index (χ0v) is 10.5. The molecule has 0 bridgehead atoms. The first-order valence-corrected chi connectivity index (χ1v) is 6.13. The second-order valence-electron chi connectivity index (χ2n) is 4.78. The van der Waals surface area contributed by atoms with Gasteiger partial charge in [-0.2, -0.15) is 0 Å². The third-order valence-electron chi connectivity index (χ3n) is 2.94. The molecule has 0 spiro atoms. The van der Waals surface area contributed by atoms with Gasteiger partial charge in [0.05, 0.1) is 0 Å². The van der Waals surface area contributed by atoms with E-state index in [0.717, 1.165) is 18.4 Å². The highest BCUT2D eigenvalue weighted by molar-refractivity contribution is 5.84. The Bertz CT molecular complexity index is 454. The quantitative estimate of drug-likeness (QED) is 0.442. The molecule has 2 heteroatoms. The highest BCUT2D eigenvalue weighted by atomic mass is 16.5. The van der Waals surface area contributed by atoms with Crippen LogP contribution in [-0.2, 0) is 17.6 Å². The maximum absolute atomic E-state index is 11.5. The van der Waals surface area contributed by atoms with E-state index in [-0.39, 0.29) is 5.97 Å². The summed E-state index contributed by atoms with van der Waals surface area (Å²) in [6, 6.07) is 5.98. The number of esters is 1. The number of benzene rings is 1. The van der Waals surface area contributed by atoms with Gasteiger partial charge in [0.15, 0.2) is 0 Å². The number of carbonyl (C=O) groups excluding carboxylic acids is 1. The summed E-state index contributed by atoms with van der Waals surface area (Å²) in [4.78, 5) is 11.5. The number of aryl methyl sites for hydroxylation is 2. The molecule has 0 atom stereocenters. The maximum atomic E-state index is 11.5. The molecule has 0 heterocycles. The Morgan fingerprint density at radius 3 is 2.59 bits per heavy atom. The third kappa shape index (κ3) is 3.19. The number of fused-ring (bicyclic) bond motifs is 1. The Labute approximate surface area is 102 Å². The van der Waals surface area contributed by atoms with E-state index in [1.807, 2.05) is 26.0 Å². The van der Waals surface area contributed by atoms with Crippen molar-refractivity contribution in [1.29, 1.82) is 0 Å². The summed E-state index contributed by atoms with van der Waals surface area (Å²) in [6.45, 7) is 3.77. The molecule has 1 aliphatic rings. The summed E-state index contributed by atoms with van der Waals surface area (Å²) in [5.74, 6) is 0.369. The van der Waals surface area contributed by atoms with Gasteiger partial charge in [-0.15, -0.1) is 0 Å². The number of carbonyl (C=O) groups is 1. The monoisotopic (exact) mass is 230 g/mol. The second kappa shape index (κ2) is 5.17. The van der Waals surface area contributed by atoms with Gasteiger partial charge in [-0.3, -0.25) is 0 Å². The summed E-state index contributed by atoms with van der Waals surface area (Å²) < 4.78 is 5.28. The van der Waals surface area contributed by atoms with Crippen LogP contribution in [0.15, 0.2) is 29.8 Å². The zero-order chi connectivity index (χ0) is 12.3. The fourth-order valence-corrected chi connectivity index (χ4v) is 2.15. The van der Waals surface area contributed by atoms with Crippen LogP contribution < -0.4 is 4.74 Å². The van der Waals surface area contributed by atoms with Gasteiger partial charge in [-0.05, 0) is 62.8 Å². The van der Waals surface area contributed by atoms with Gasteiger partial charge in [-0.25, -0.2) is 4.79 Å².